The highest BCUT2D eigenvalue weighted by molar-refractivity contribution is 9.10. The average Bonchev–Trinajstić information content (AvgIpc) is 2.57. The lowest BCUT2D eigenvalue weighted by Crippen LogP contribution is -2.36. The molecule has 26 heavy (non-hydrogen) atoms. The molecular formula is C18H21BrClFN2O3. The van der Waals surface area contributed by atoms with Crippen LogP contribution in [-0.2, 0) is 23.5 Å². The van der Waals surface area contributed by atoms with E-state index in [1.807, 2.05) is 39.0 Å². The smallest absolute Gasteiger partial charge is 0.289 e. The lowest BCUT2D eigenvalue weighted by atomic mass is 10.1. The molecular weight excluding hydrogens is 427 g/mol. The number of aromatic nitrogens is 2. The van der Waals surface area contributed by atoms with Gasteiger partial charge in [0.15, 0.2) is 10.8 Å². The summed E-state index contributed by atoms with van der Waals surface area (Å²) < 4.78 is 25.1. The van der Waals surface area contributed by atoms with Gasteiger partial charge in [0.05, 0.1) is 24.9 Å². The van der Waals surface area contributed by atoms with Crippen molar-refractivity contribution in [2.24, 2.45) is 0 Å². The number of nitrogens with zero attached hydrogens (tertiary/aromatic N) is 2. The highest BCUT2D eigenvalue weighted by atomic mass is 79.9. The number of benzene rings is 1. The van der Waals surface area contributed by atoms with E-state index in [9.17, 15) is 9.18 Å². The molecule has 0 aliphatic heterocycles. The van der Waals surface area contributed by atoms with Crippen molar-refractivity contribution in [3.63, 3.8) is 0 Å². The zero-order valence-corrected chi connectivity index (χ0v) is 17.2. The van der Waals surface area contributed by atoms with Crippen molar-refractivity contribution in [1.29, 1.82) is 0 Å². The summed E-state index contributed by atoms with van der Waals surface area (Å²) in [6.45, 7) is 5.73. The molecule has 0 amide bonds. The van der Waals surface area contributed by atoms with Gasteiger partial charge >= 0.3 is 0 Å². The van der Waals surface area contributed by atoms with E-state index in [1.54, 1.807) is 0 Å². The lowest BCUT2D eigenvalue weighted by molar-refractivity contribution is 0.106. The molecule has 1 aromatic carbocycles. The fraction of sp³-hybridized carbons (Fsp3) is 0.444. The normalized spacial score (nSPS) is 11.6. The van der Waals surface area contributed by atoms with E-state index in [0.29, 0.717) is 6.61 Å². The third-order valence-electron chi connectivity index (χ3n) is 3.51. The third kappa shape index (κ3) is 5.28. The fourth-order valence-electron chi connectivity index (χ4n) is 2.19. The largest absolute Gasteiger partial charge is 0.485 e. The van der Waals surface area contributed by atoms with Gasteiger partial charge in [0.1, 0.15) is 13.3 Å². The molecule has 2 aromatic rings. The van der Waals surface area contributed by atoms with Gasteiger partial charge in [-0.1, -0.05) is 39.7 Å². The van der Waals surface area contributed by atoms with E-state index in [4.69, 9.17) is 21.1 Å². The van der Waals surface area contributed by atoms with E-state index in [1.165, 1.54) is 10.9 Å². The Balaban J connectivity index is 2.08. The Labute approximate surface area is 165 Å². The van der Waals surface area contributed by atoms with Gasteiger partial charge in [-0.15, -0.1) is 0 Å². The minimum absolute atomic E-state index is 0.00485. The molecule has 0 aliphatic carbocycles. The van der Waals surface area contributed by atoms with E-state index in [-0.39, 0.29) is 24.0 Å². The fourth-order valence-corrected chi connectivity index (χ4v) is 2.92. The molecule has 0 spiro atoms. The van der Waals surface area contributed by atoms with Crippen LogP contribution >= 0.6 is 27.5 Å². The van der Waals surface area contributed by atoms with Gasteiger partial charge in [0, 0.05) is 4.47 Å². The molecule has 0 radical (unpaired) electrons. The summed E-state index contributed by atoms with van der Waals surface area (Å²) in [7, 11) is 0. The van der Waals surface area contributed by atoms with Crippen LogP contribution in [0.2, 0.25) is 5.02 Å². The maximum atomic E-state index is 12.3. The van der Waals surface area contributed by atoms with E-state index in [0.717, 1.165) is 15.6 Å². The molecule has 0 saturated heterocycles. The SMILES string of the molecule is CC(C)(C)n1ncc(OCc2ccc(COCCF)c(Br)c2)c(Cl)c1=O. The van der Waals surface area contributed by atoms with Crippen LogP contribution in [0.4, 0.5) is 4.39 Å². The minimum atomic E-state index is -0.508. The first kappa shape index (κ1) is 20.9. The molecule has 1 aromatic heterocycles. The van der Waals surface area contributed by atoms with E-state index in [2.05, 4.69) is 21.0 Å². The second-order valence-electron chi connectivity index (χ2n) is 6.67. The van der Waals surface area contributed by atoms with Gasteiger partial charge in [-0.05, 0) is 38.0 Å². The number of alkyl halides is 1. The van der Waals surface area contributed by atoms with Crippen molar-refractivity contribution in [3.8, 4) is 5.75 Å². The van der Waals surface area contributed by atoms with Crippen molar-refractivity contribution in [3.05, 3.63) is 55.4 Å². The highest BCUT2D eigenvalue weighted by Gasteiger charge is 2.20. The summed E-state index contributed by atoms with van der Waals surface area (Å²) in [5, 5.41) is 4.14. The minimum Gasteiger partial charge on any atom is -0.485 e. The summed E-state index contributed by atoms with van der Waals surface area (Å²) in [6.07, 6.45) is 1.45. The first-order chi connectivity index (χ1) is 12.2. The topological polar surface area (TPSA) is 53.4 Å². The van der Waals surface area contributed by atoms with Crippen LogP contribution in [0.5, 0.6) is 5.75 Å². The lowest BCUT2D eigenvalue weighted by Gasteiger charge is -2.21. The van der Waals surface area contributed by atoms with Gasteiger partial charge in [-0.25, -0.2) is 9.07 Å². The second kappa shape index (κ2) is 8.97. The quantitative estimate of drug-likeness (QED) is 0.587. The van der Waals surface area contributed by atoms with E-state index < -0.39 is 17.8 Å². The Morgan fingerprint density at radius 3 is 2.65 bits per heavy atom. The van der Waals surface area contributed by atoms with Crippen LogP contribution < -0.4 is 10.3 Å². The van der Waals surface area contributed by atoms with E-state index >= 15 is 0 Å². The molecule has 2 rings (SSSR count). The number of rotatable bonds is 7. The molecule has 1 heterocycles. The predicted molar refractivity (Wildman–Crippen MR) is 103 cm³/mol. The van der Waals surface area contributed by atoms with Gasteiger partial charge in [-0.2, -0.15) is 5.10 Å². The summed E-state index contributed by atoms with van der Waals surface area (Å²) >= 11 is 9.61. The maximum absolute atomic E-state index is 12.3. The van der Waals surface area contributed by atoms with Crippen LogP contribution in [0.1, 0.15) is 31.9 Å². The molecule has 0 unspecified atom stereocenters. The van der Waals surface area contributed by atoms with Crippen LogP contribution in [0.3, 0.4) is 0 Å². The van der Waals surface area contributed by atoms with Crippen LogP contribution in [0.25, 0.3) is 0 Å². The van der Waals surface area contributed by atoms with Crippen LogP contribution in [0, 0.1) is 0 Å². The first-order valence-electron chi connectivity index (χ1n) is 8.06. The van der Waals surface area contributed by atoms with Crippen LogP contribution in [-0.4, -0.2) is 23.1 Å². The second-order valence-corrected chi connectivity index (χ2v) is 7.90. The summed E-state index contributed by atoms with van der Waals surface area (Å²) in [4.78, 5) is 12.3. The summed E-state index contributed by atoms with van der Waals surface area (Å²) in [5.74, 6) is 0.239. The number of halogens is 3. The van der Waals surface area contributed by atoms with Crippen molar-refractivity contribution < 1.29 is 13.9 Å². The van der Waals surface area contributed by atoms with Crippen molar-refractivity contribution in [1.82, 2.24) is 9.78 Å². The number of ether oxygens (including phenoxy) is 2. The van der Waals surface area contributed by atoms with Gasteiger partial charge in [0.2, 0.25) is 0 Å². The molecule has 0 bridgehead atoms. The first-order valence-corrected chi connectivity index (χ1v) is 9.23. The van der Waals surface area contributed by atoms with Crippen molar-refractivity contribution in [2.75, 3.05) is 13.3 Å². The summed E-state index contributed by atoms with van der Waals surface area (Å²) in [5.41, 5.74) is 0.930. The van der Waals surface area contributed by atoms with Crippen molar-refractivity contribution >= 4 is 27.5 Å². The standard InChI is InChI=1S/C18H21BrClFN2O3/c1-18(2,3)23-17(24)16(20)15(9-22-23)26-10-12-4-5-13(14(19)8-12)11-25-7-6-21/h4-5,8-9H,6-7,10-11H2,1-3H3. The Hall–Kier alpha value is -1.44. The van der Waals surface area contributed by atoms with Gasteiger partial charge in [0.25, 0.3) is 5.56 Å². The third-order valence-corrected chi connectivity index (χ3v) is 4.60. The maximum Gasteiger partial charge on any atom is 0.289 e. The Morgan fingerprint density at radius 2 is 2.04 bits per heavy atom. The van der Waals surface area contributed by atoms with Gasteiger partial charge in [-0.3, -0.25) is 4.79 Å². The Morgan fingerprint density at radius 1 is 1.31 bits per heavy atom. The highest BCUT2D eigenvalue weighted by Crippen LogP contribution is 2.24. The van der Waals surface area contributed by atoms with Crippen LogP contribution in [0.15, 0.2) is 33.7 Å². The average molecular weight is 448 g/mol. The summed E-state index contributed by atoms with van der Waals surface area (Å²) in [6, 6.07) is 5.63. The monoisotopic (exact) mass is 446 g/mol. The number of hydrogen-bond acceptors (Lipinski definition) is 4. The van der Waals surface area contributed by atoms with Crippen molar-refractivity contribution in [2.45, 2.75) is 39.5 Å². The molecule has 0 N–H and O–H groups in total. The number of hydrogen-bond donors (Lipinski definition) is 0. The van der Waals surface area contributed by atoms with Gasteiger partial charge < -0.3 is 9.47 Å². The molecule has 8 heteroatoms. The Kier molecular flexibility index (Phi) is 7.20. The predicted octanol–water partition coefficient (Wildman–Crippen LogP) is 4.48. The Bertz CT molecular complexity index is 821. The molecule has 0 aliphatic rings. The molecule has 5 nitrogen and oxygen atoms in total. The molecule has 0 saturated carbocycles. The molecule has 142 valence electrons. The zero-order chi connectivity index (χ0) is 19.3. The molecule has 0 fully saturated rings. The molecule has 0 atom stereocenters. The zero-order valence-electron chi connectivity index (χ0n) is 14.9.